The van der Waals surface area contributed by atoms with E-state index in [1.54, 1.807) is 18.3 Å². The maximum Gasteiger partial charge on any atom is 0.224 e. The predicted molar refractivity (Wildman–Crippen MR) is 82.0 cm³/mol. The highest BCUT2D eigenvalue weighted by atomic mass is 35.5. The molecule has 0 bridgehead atoms. The molecule has 2 rings (SSSR count). The zero-order chi connectivity index (χ0) is 14.4. The van der Waals surface area contributed by atoms with Crippen molar-refractivity contribution in [3.8, 4) is 0 Å². The molecule has 1 heterocycles. The van der Waals surface area contributed by atoms with Gasteiger partial charge in [0.2, 0.25) is 5.91 Å². The normalized spacial score (nSPS) is 10.3. The minimum absolute atomic E-state index is 0.000576. The smallest absolute Gasteiger partial charge is 0.224 e. The summed E-state index contributed by atoms with van der Waals surface area (Å²) < 4.78 is 0. The summed E-state index contributed by atoms with van der Waals surface area (Å²) in [6, 6.07) is 11.8. The first-order chi connectivity index (χ1) is 9.63. The molecular formula is C16H17ClN2O. The van der Waals surface area contributed by atoms with Gasteiger partial charge in [-0.25, -0.2) is 4.98 Å². The summed E-state index contributed by atoms with van der Waals surface area (Å²) >= 11 is 5.76. The van der Waals surface area contributed by atoms with E-state index in [-0.39, 0.29) is 5.91 Å². The number of carbonyl (C=O) groups is 1. The van der Waals surface area contributed by atoms with E-state index < -0.39 is 0 Å². The molecule has 1 aromatic heterocycles. The largest absolute Gasteiger partial charge is 0.326 e. The lowest BCUT2D eigenvalue weighted by atomic mass is 10.1. The molecule has 1 aromatic carbocycles. The summed E-state index contributed by atoms with van der Waals surface area (Å²) in [6.07, 6.45) is 3.80. The zero-order valence-electron chi connectivity index (χ0n) is 11.4. The highest BCUT2D eigenvalue weighted by Gasteiger charge is 2.03. The SMILES string of the molecule is Cc1ccc(CCCC(=O)Nc2ccnc(Cl)c2)cc1. The predicted octanol–water partition coefficient (Wildman–Crippen LogP) is 4.00. The van der Waals surface area contributed by atoms with Crippen LogP contribution in [0.15, 0.2) is 42.6 Å². The Hall–Kier alpha value is -1.87. The van der Waals surface area contributed by atoms with Gasteiger partial charge in [-0.2, -0.15) is 0 Å². The summed E-state index contributed by atoms with van der Waals surface area (Å²) in [4.78, 5) is 15.7. The van der Waals surface area contributed by atoms with Gasteiger partial charge in [0, 0.05) is 18.3 Å². The van der Waals surface area contributed by atoms with Gasteiger partial charge in [-0.3, -0.25) is 4.79 Å². The molecule has 0 unspecified atom stereocenters. The number of rotatable bonds is 5. The minimum atomic E-state index is -0.000576. The lowest BCUT2D eigenvalue weighted by molar-refractivity contribution is -0.116. The Balaban J connectivity index is 1.76. The number of benzene rings is 1. The Morgan fingerprint density at radius 1 is 1.25 bits per heavy atom. The van der Waals surface area contributed by atoms with Crippen LogP contribution in [0.2, 0.25) is 5.15 Å². The molecule has 0 atom stereocenters. The van der Waals surface area contributed by atoms with Crippen molar-refractivity contribution in [1.82, 2.24) is 4.98 Å². The molecule has 3 nitrogen and oxygen atoms in total. The van der Waals surface area contributed by atoms with Crippen LogP contribution in [0.5, 0.6) is 0 Å². The van der Waals surface area contributed by atoms with Gasteiger partial charge in [-0.05, 0) is 37.5 Å². The highest BCUT2D eigenvalue weighted by Crippen LogP contribution is 2.13. The van der Waals surface area contributed by atoms with Crippen molar-refractivity contribution in [1.29, 1.82) is 0 Å². The van der Waals surface area contributed by atoms with Crippen LogP contribution in [-0.2, 0) is 11.2 Å². The lowest BCUT2D eigenvalue weighted by Gasteiger charge is -2.05. The van der Waals surface area contributed by atoms with E-state index >= 15 is 0 Å². The highest BCUT2D eigenvalue weighted by molar-refractivity contribution is 6.29. The first-order valence-electron chi connectivity index (χ1n) is 6.60. The van der Waals surface area contributed by atoms with Gasteiger partial charge in [-0.15, -0.1) is 0 Å². The van der Waals surface area contributed by atoms with Gasteiger partial charge < -0.3 is 5.32 Å². The van der Waals surface area contributed by atoms with Crippen molar-refractivity contribution in [3.63, 3.8) is 0 Å². The van der Waals surface area contributed by atoms with Gasteiger partial charge >= 0.3 is 0 Å². The van der Waals surface area contributed by atoms with Gasteiger partial charge in [0.25, 0.3) is 0 Å². The van der Waals surface area contributed by atoms with Gasteiger partial charge in [0.1, 0.15) is 5.15 Å². The molecule has 0 spiro atoms. The molecule has 1 N–H and O–H groups in total. The molecule has 0 saturated carbocycles. The van der Waals surface area contributed by atoms with Gasteiger partial charge in [0.15, 0.2) is 0 Å². The molecule has 0 aliphatic heterocycles. The summed E-state index contributed by atoms with van der Waals surface area (Å²) in [7, 11) is 0. The summed E-state index contributed by atoms with van der Waals surface area (Å²) in [5.74, 6) is -0.000576. The topological polar surface area (TPSA) is 42.0 Å². The first-order valence-corrected chi connectivity index (χ1v) is 6.98. The first kappa shape index (κ1) is 14.5. The number of halogens is 1. The van der Waals surface area contributed by atoms with Crippen molar-refractivity contribution in [2.75, 3.05) is 5.32 Å². The van der Waals surface area contributed by atoms with Crippen molar-refractivity contribution in [3.05, 3.63) is 58.9 Å². The molecule has 1 amide bonds. The summed E-state index contributed by atoms with van der Waals surface area (Å²) in [5, 5.41) is 3.19. The van der Waals surface area contributed by atoms with E-state index in [1.165, 1.54) is 11.1 Å². The van der Waals surface area contributed by atoms with Crippen LogP contribution in [0.3, 0.4) is 0 Å². The summed E-state index contributed by atoms with van der Waals surface area (Å²) in [5.41, 5.74) is 3.20. The Bertz CT molecular complexity index is 581. The number of nitrogens with zero attached hydrogens (tertiary/aromatic N) is 1. The third kappa shape index (κ3) is 4.67. The van der Waals surface area contributed by atoms with Crippen LogP contribution in [0.4, 0.5) is 5.69 Å². The average molecular weight is 289 g/mol. The van der Waals surface area contributed by atoms with Crippen LogP contribution >= 0.6 is 11.6 Å². The standard InChI is InChI=1S/C16H17ClN2O/c1-12-5-7-13(8-6-12)3-2-4-16(20)19-14-9-10-18-15(17)11-14/h5-11H,2-4H2,1H3,(H,18,19,20). The van der Waals surface area contributed by atoms with E-state index in [2.05, 4.69) is 41.5 Å². The molecule has 20 heavy (non-hydrogen) atoms. The third-order valence-corrected chi connectivity index (χ3v) is 3.21. The van der Waals surface area contributed by atoms with E-state index in [0.29, 0.717) is 17.3 Å². The van der Waals surface area contributed by atoms with E-state index in [0.717, 1.165) is 12.8 Å². The molecule has 0 radical (unpaired) electrons. The fraction of sp³-hybridized carbons (Fsp3) is 0.250. The Morgan fingerprint density at radius 3 is 2.70 bits per heavy atom. The van der Waals surface area contributed by atoms with Crippen molar-refractivity contribution < 1.29 is 4.79 Å². The Kier molecular flexibility index (Phi) is 5.13. The fourth-order valence-corrected chi connectivity index (χ4v) is 2.09. The molecule has 0 aliphatic rings. The molecule has 104 valence electrons. The number of nitrogens with one attached hydrogen (secondary N) is 1. The maximum absolute atomic E-state index is 11.8. The van der Waals surface area contributed by atoms with Crippen LogP contribution < -0.4 is 5.32 Å². The van der Waals surface area contributed by atoms with Gasteiger partial charge in [-0.1, -0.05) is 41.4 Å². The second kappa shape index (κ2) is 7.06. The molecule has 2 aromatic rings. The number of pyridine rings is 1. The number of hydrogen-bond acceptors (Lipinski definition) is 2. The number of carbonyl (C=O) groups excluding carboxylic acids is 1. The molecule has 4 heteroatoms. The zero-order valence-corrected chi connectivity index (χ0v) is 12.2. The number of anilines is 1. The Labute approximate surface area is 124 Å². The summed E-state index contributed by atoms with van der Waals surface area (Å²) in [6.45, 7) is 2.07. The van der Waals surface area contributed by atoms with E-state index in [4.69, 9.17) is 11.6 Å². The quantitative estimate of drug-likeness (QED) is 0.845. The van der Waals surface area contributed by atoms with Crippen molar-refractivity contribution in [2.24, 2.45) is 0 Å². The third-order valence-electron chi connectivity index (χ3n) is 3.00. The number of hydrogen-bond donors (Lipinski definition) is 1. The second-order valence-electron chi connectivity index (χ2n) is 4.75. The average Bonchev–Trinajstić information content (AvgIpc) is 2.41. The number of amides is 1. The van der Waals surface area contributed by atoms with E-state index in [9.17, 15) is 4.79 Å². The van der Waals surface area contributed by atoms with Crippen LogP contribution in [0.1, 0.15) is 24.0 Å². The van der Waals surface area contributed by atoms with E-state index in [1.807, 2.05) is 0 Å². The fourth-order valence-electron chi connectivity index (χ4n) is 1.91. The number of aryl methyl sites for hydroxylation is 2. The van der Waals surface area contributed by atoms with Gasteiger partial charge in [0.05, 0.1) is 0 Å². The van der Waals surface area contributed by atoms with Crippen molar-refractivity contribution in [2.45, 2.75) is 26.2 Å². The molecule has 0 aliphatic carbocycles. The van der Waals surface area contributed by atoms with Crippen LogP contribution in [-0.4, -0.2) is 10.9 Å². The maximum atomic E-state index is 11.8. The second-order valence-corrected chi connectivity index (χ2v) is 5.14. The van der Waals surface area contributed by atoms with Crippen LogP contribution in [0.25, 0.3) is 0 Å². The molecule has 0 fully saturated rings. The van der Waals surface area contributed by atoms with Crippen molar-refractivity contribution >= 4 is 23.2 Å². The van der Waals surface area contributed by atoms with Crippen LogP contribution in [0, 0.1) is 6.92 Å². The lowest BCUT2D eigenvalue weighted by Crippen LogP contribution is -2.11. The Morgan fingerprint density at radius 2 is 2.00 bits per heavy atom. The molecular weight excluding hydrogens is 272 g/mol. The monoisotopic (exact) mass is 288 g/mol. The minimum Gasteiger partial charge on any atom is -0.326 e. The molecule has 0 saturated heterocycles. The number of aromatic nitrogens is 1.